The molecule has 0 fully saturated rings. The maximum absolute atomic E-state index is 13.0. The number of imidazole rings is 1. The molecule has 0 bridgehead atoms. The van der Waals surface area contributed by atoms with Gasteiger partial charge in [0.15, 0.2) is 5.65 Å². The highest BCUT2D eigenvalue weighted by Gasteiger charge is 2.13. The zero-order valence-electron chi connectivity index (χ0n) is 15.2. The number of hydrogen-bond donors (Lipinski definition) is 1. The molecule has 0 saturated carbocycles. The number of nitrogens with one attached hydrogen (secondary N) is 1. The fourth-order valence-corrected chi connectivity index (χ4v) is 3.10. The van der Waals surface area contributed by atoms with Gasteiger partial charge in [-0.1, -0.05) is 42.5 Å². The van der Waals surface area contributed by atoms with Gasteiger partial charge in [0.05, 0.1) is 19.5 Å². The molecule has 5 nitrogen and oxygen atoms in total. The molecule has 2 aromatic carbocycles. The second-order valence-corrected chi connectivity index (χ2v) is 6.53. The predicted molar refractivity (Wildman–Crippen MR) is 105 cm³/mol. The van der Waals surface area contributed by atoms with Crippen molar-refractivity contribution in [1.82, 2.24) is 19.9 Å². The predicted octanol–water partition coefficient (Wildman–Crippen LogP) is 3.48. The Hall–Kier alpha value is -3.54. The summed E-state index contributed by atoms with van der Waals surface area (Å²) < 4.78 is 15.0. The molecule has 0 aliphatic carbocycles. The first kappa shape index (κ1) is 17.9. The molecule has 0 atom stereocenters. The van der Waals surface area contributed by atoms with Crippen molar-refractivity contribution in [2.45, 2.75) is 19.5 Å². The average Bonchev–Trinajstić information content (AvgIpc) is 3.06. The van der Waals surface area contributed by atoms with E-state index in [1.54, 1.807) is 18.3 Å². The topological polar surface area (TPSA) is 59.8 Å². The normalized spacial score (nSPS) is 10.9. The van der Waals surface area contributed by atoms with E-state index >= 15 is 0 Å². The monoisotopic (exact) mass is 374 g/mol. The van der Waals surface area contributed by atoms with Crippen LogP contribution in [0.15, 0.2) is 72.9 Å². The molecule has 0 radical (unpaired) electrons. The second-order valence-electron chi connectivity index (χ2n) is 6.53. The molecule has 6 heteroatoms. The summed E-state index contributed by atoms with van der Waals surface area (Å²) in [4.78, 5) is 21.4. The van der Waals surface area contributed by atoms with Gasteiger partial charge in [-0.05, 0) is 35.4 Å². The van der Waals surface area contributed by atoms with Crippen molar-refractivity contribution >= 4 is 17.1 Å². The Kier molecular flexibility index (Phi) is 5.10. The van der Waals surface area contributed by atoms with Crippen molar-refractivity contribution in [3.05, 3.63) is 95.7 Å². The van der Waals surface area contributed by atoms with Crippen molar-refractivity contribution < 1.29 is 9.18 Å². The number of halogens is 1. The van der Waals surface area contributed by atoms with Crippen LogP contribution in [0.5, 0.6) is 0 Å². The first-order chi connectivity index (χ1) is 13.7. The largest absolute Gasteiger partial charge is 0.349 e. The van der Waals surface area contributed by atoms with Crippen LogP contribution < -0.4 is 5.32 Å². The number of carbonyl (C=O) groups is 1. The van der Waals surface area contributed by atoms with Gasteiger partial charge >= 0.3 is 0 Å². The molecule has 4 rings (SSSR count). The lowest BCUT2D eigenvalue weighted by Gasteiger charge is -2.10. The number of rotatable bonds is 6. The van der Waals surface area contributed by atoms with E-state index in [0.29, 0.717) is 13.1 Å². The van der Waals surface area contributed by atoms with Gasteiger partial charge in [0.2, 0.25) is 5.91 Å². The Balaban J connectivity index is 1.52. The fraction of sp³-hybridized carbons (Fsp3) is 0.136. The van der Waals surface area contributed by atoms with E-state index in [4.69, 9.17) is 0 Å². The molecular formula is C22H19FN4O. The van der Waals surface area contributed by atoms with Crippen molar-refractivity contribution in [1.29, 1.82) is 0 Å². The van der Waals surface area contributed by atoms with Gasteiger partial charge in [0.1, 0.15) is 17.2 Å². The Morgan fingerprint density at radius 3 is 2.54 bits per heavy atom. The maximum atomic E-state index is 13.0. The molecule has 0 spiro atoms. The first-order valence-corrected chi connectivity index (χ1v) is 9.04. The molecule has 0 aliphatic rings. The average molecular weight is 374 g/mol. The minimum absolute atomic E-state index is 0.141. The zero-order valence-corrected chi connectivity index (χ0v) is 15.2. The standard InChI is InChI=1S/C22H19FN4O/c23-18-10-8-16(9-11-18)13-21(28)25-14-20-26-19-7-4-12-24-22(19)27(20)15-17-5-2-1-3-6-17/h1-12H,13-15H2,(H,25,28). The summed E-state index contributed by atoms with van der Waals surface area (Å²) in [6.45, 7) is 0.917. The van der Waals surface area contributed by atoms with Crippen LogP contribution in [0.2, 0.25) is 0 Å². The summed E-state index contributed by atoms with van der Waals surface area (Å²) in [5.41, 5.74) is 3.47. The molecule has 4 aromatic rings. The molecule has 28 heavy (non-hydrogen) atoms. The molecule has 2 heterocycles. The third-order valence-electron chi connectivity index (χ3n) is 4.49. The summed E-state index contributed by atoms with van der Waals surface area (Å²) >= 11 is 0. The number of amides is 1. The van der Waals surface area contributed by atoms with Crippen molar-refractivity contribution in [3.8, 4) is 0 Å². The second kappa shape index (κ2) is 8.00. The fourth-order valence-electron chi connectivity index (χ4n) is 3.10. The number of pyridine rings is 1. The Morgan fingerprint density at radius 2 is 1.75 bits per heavy atom. The van der Waals surface area contributed by atoms with Crippen LogP contribution in [0.1, 0.15) is 17.0 Å². The van der Waals surface area contributed by atoms with Crippen molar-refractivity contribution in [2.24, 2.45) is 0 Å². The van der Waals surface area contributed by atoms with Crippen LogP contribution >= 0.6 is 0 Å². The lowest BCUT2D eigenvalue weighted by atomic mass is 10.1. The minimum Gasteiger partial charge on any atom is -0.349 e. The highest BCUT2D eigenvalue weighted by atomic mass is 19.1. The number of hydrogen-bond acceptors (Lipinski definition) is 3. The third-order valence-corrected chi connectivity index (χ3v) is 4.49. The molecule has 1 amide bonds. The van der Waals surface area contributed by atoms with Gasteiger partial charge in [-0.15, -0.1) is 0 Å². The Labute approximate surface area is 161 Å². The smallest absolute Gasteiger partial charge is 0.224 e. The van der Waals surface area contributed by atoms with E-state index in [-0.39, 0.29) is 18.1 Å². The van der Waals surface area contributed by atoms with Crippen LogP contribution in [0.3, 0.4) is 0 Å². The molecule has 0 unspecified atom stereocenters. The van der Waals surface area contributed by atoms with E-state index in [2.05, 4.69) is 15.3 Å². The number of fused-ring (bicyclic) bond motifs is 1. The van der Waals surface area contributed by atoms with Gasteiger partial charge < -0.3 is 9.88 Å². The van der Waals surface area contributed by atoms with Gasteiger partial charge in [-0.25, -0.2) is 14.4 Å². The van der Waals surface area contributed by atoms with E-state index in [1.165, 1.54) is 12.1 Å². The third kappa shape index (κ3) is 4.06. The zero-order chi connectivity index (χ0) is 19.3. The summed E-state index contributed by atoms with van der Waals surface area (Å²) in [6.07, 6.45) is 1.93. The lowest BCUT2D eigenvalue weighted by Crippen LogP contribution is -2.26. The van der Waals surface area contributed by atoms with E-state index in [0.717, 1.165) is 28.1 Å². The molecular weight excluding hydrogens is 355 g/mol. The quantitative estimate of drug-likeness (QED) is 0.562. The van der Waals surface area contributed by atoms with E-state index in [1.807, 2.05) is 47.0 Å². The van der Waals surface area contributed by atoms with Crippen LogP contribution in [-0.2, 0) is 24.3 Å². The summed E-state index contributed by atoms with van der Waals surface area (Å²) in [5, 5.41) is 2.91. The number of aromatic nitrogens is 3. The number of benzene rings is 2. The molecule has 0 saturated heterocycles. The van der Waals surface area contributed by atoms with Crippen LogP contribution in [0, 0.1) is 5.82 Å². The van der Waals surface area contributed by atoms with Crippen molar-refractivity contribution in [3.63, 3.8) is 0 Å². The van der Waals surface area contributed by atoms with Crippen molar-refractivity contribution in [2.75, 3.05) is 0 Å². The summed E-state index contributed by atoms with van der Waals surface area (Å²) in [5.74, 6) is 0.286. The Morgan fingerprint density at radius 1 is 0.964 bits per heavy atom. The van der Waals surface area contributed by atoms with Crippen LogP contribution in [-0.4, -0.2) is 20.4 Å². The van der Waals surface area contributed by atoms with E-state index < -0.39 is 0 Å². The van der Waals surface area contributed by atoms with Gasteiger partial charge in [-0.2, -0.15) is 0 Å². The van der Waals surface area contributed by atoms with Gasteiger partial charge in [-0.3, -0.25) is 4.79 Å². The highest BCUT2D eigenvalue weighted by Crippen LogP contribution is 2.16. The van der Waals surface area contributed by atoms with Crippen LogP contribution in [0.25, 0.3) is 11.2 Å². The number of nitrogens with zero attached hydrogens (tertiary/aromatic N) is 3. The maximum Gasteiger partial charge on any atom is 0.224 e. The summed E-state index contributed by atoms with van der Waals surface area (Å²) in [7, 11) is 0. The highest BCUT2D eigenvalue weighted by molar-refractivity contribution is 5.78. The number of carbonyl (C=O) groups excluding carboxylic acids is 1. The van der Waals surface area contributed by atoms with Gasteiger partial charge in [0.25, 0.3) is 0 Å². The SMILES string of the molecule is O=C(Cc1ccc(F)cc1)NCc1nc2cccnc2n1Cc1ccccc1. The summed E-state index contributed by atoms with van der Waals surface area (Å²) in [6, 6.07) is 19.8. The molecule has 2 aromatic heterocycles. The first-order valence-electron chi connectivity index (χ1n) is 9.04. The van der Waals surface area contributed by atoms with Crippen LogP contribution in [0.4, 0.5) is 4.39 Å². The van der Waals surface area contributed by atoms with Gasteiger partial charge in [0, 0.05) is 6.20 Å². The Bertz CT molecular complexity index is 1090. The molecule has 0 aliphatic heterocycles. The minimum atomic E-state index is -0.314. The molecule has 140 valence electrons. The lowest BCUT2D eigenvalue weighted by molar-refractivity contribution is -0.120. The van der Waals surface area contributed by atoms with E-state index in [9.17, 15) is 9.18 Å². The molecule has 1 N–H and O–H groups in total.